The molecular formula is C14H22FNO2S. The van der Waals surface area contributed by atoms with Crippen LogP contribution in [-0.4, -0.2) is 25.8 Å². The van der Waals surface area contributed by atoms with Crippen molar-refractivity contribution in [2.75, 3.05) is 7.05 Å². The number of halogens is 1. The topological polar surface area (TPSA) is 37.4 Å². The second-order valence-corrected chi connectivity index (χ2v) is 6.79. The Bertz CT molecular complexity index is 528. The molecule has 108 valence electrons. The van der Waals surface area contributed by atoms with Gasteiger partial charge in [-0.15, -0.1) is 0 Å². The molecule has 0 saturated carbocycles. The molecule has 0 aliphatic heterocycles. The van der Waals surface area contributed by atoms with E-state index in [-0.39, 0.29) is 10.9 Å². The number of hydrogen-bond donors (Lipinski definition) is 0. The van der Waals surface area contributed by atoms with Gasteiger partial charge in [0.05, 0.1) is 4.90 Å². The molecule has 0 spiro atoms. The van der Waals surface area contributed by atoms with E-state index in [2.05, 4.69) is 0 Å². The van der Waals surface area contributed by atoms with Crippen molar-refractivity contribution in [3.63, 3.8) is 0 Å². The first-order chi connectivity index (χ1) is 8.75. The fourth-order valence-electron chi connectivity index (χ4n) is 2.45. The van der Waals surface area contributed by atoms with Gasteiger partial charge < -0.3 is 0 Å². The molecule has 0 N–H and O–H groups in total. The second-order valence-electron chi connectivity index (χ2n) is 4.86. The van der Waals surface area contributed by atoms with Crippen molar-refractivity contribution in [3.8, 4) is 0 Å². The number of nitrogens with zero attached hydrogens (tertiary/aromatic N) is 1. The van der Waals surface area contributed by atoms with E-state index in [0.717, 1.165) is 12.8 Å². The number of hydrogen-bond acceptors (Lipinski definition) is 2. The molecule has 19 heavy (non-hydrogen) atoms. The molecular weight excluding hydrogens is 265 g/mol. The number of sulfonamides is 1. The molecule has 0 amide bonds. The summed E-state index contributed by atoms with van der Waals surface area (Å²) in [6.45, 7) is 7.18. The van der Waals surface area contributed by atoms with Crippen LogP contribution in [-0.2, 0) is 10.0 Å². The van der Waals surface area contributed by atoms with Crippen molar-refractivity contribution in [1.29, 1.82) is 0 Å². The van der Waals surface area contributed by atoms with Gasteiger partial charge in [0.2, 0.25) is 10.0 Å². The smallest absolute Gasteiger partial charge is 0.207 e. The lowest BCUT2D eigenvalue weighted by molar-refractivity contribution is 0.349. The van der Waals surface area contributed by atoms with Gasteiger partial charge in [-0.3, -0.25) is 0 Å². The van der Waals surface area contributed by atoms with Crippen LogP contribution in [0.5, 0.6) is 0 Å². The summed E-state index contributed by atoms with van der Waals surface area (Å²) in [5, 5.41) is 0. The summed E-state index contributed by atoms with van der Waals surface area (Å²) in [4.78, 5) is 0.225. The van der Waals surface area contributed by atoms with Gasteiger partial charge in [-0.2, -0.15) is 4.31 Å². The Labute approximate surface area is 115 Å². The molecule has 0 radical (unpaired) electrons. The first-order valence-corrected chi connectivity index (χ1v) is 7.94. The maximum atomic E-state index is 13.3. The number of aryl methyl sites for hydroxylation is 2. The monoisotopic (exact) mass is 287 g/mol. The molecule has 0 fully saturated rings. The first kappa shape index (κ1) is 16.1. The van der Waals surface area contributed by atoms with Crippen LogP contribution in [0.1, 0.15) is 37.8 Å². The molecule has 0 heterocycles. The van der Waals surface area contributed by atoms with Crippen molar-refractivity contribution >= 4 is 10.0 Å². The Balaban J connectivity index is 3.36. The molecule has 0 saturated heterocycles. The van der Waals surface area contributed by atoms with Crippen molar-refractivity contribution in [2.24, 2.45) is 0 Å². The maximum Gasteiger partial charge on any atom is 0.243 e. The summed E-state index contributed by atoms with van der Waals surface area (Å²) in [5.41, 5.74) is 0.908. The minimum Gasteiger partial charge on any atom is -0.207 e. The van der Waals surface area contributed by atoms with Crippen LogP contribution >= 0.6 is 0 Å². The number of benzene rings is 1. The zero-order valence-corrected chi connectivity index (χ0v) is 13.0. The Hall–Kier alpha value is -0.940. The van der Waals surface area contributed by atoms with Gasteiger partial charge in [0, 0.05) is 13.1 Å². The van der Waals surface area contributed by atoms with E-state index in [0.29, 0.717) is 11.1 Å². The zero-order valence-electron chi connectivity index (χ0n) is 12.2. The summed E-state index contributed by atoms with van der Waals surface area (Å²) < 4.78 is 40.0. The third-order valence-corrected chi connectivity index (χ3v) is 5.74. The molecule has 1 aromatic carbocycles. The third-order valence-electron chi connectivity index (χ3n) is 3.52. The van der Waals surface area contributed by atoms with E-state index in [1.165, 1.54) is 16.4 Å². The highest BCUT2D eigenvalue weighted by atomic mass is 32.2. The molecule has 0 atom stereocenters. The minimum atomic E-state index is -3.57. The van der Waals surface area contributed by atoms with Gasteiger partial charge >= 0.3 is 0 Å². The largest absolute Gasteiger partial charge is 0.243 e. The average Bonchev–Trinajstić information content (AvgIpc) is 2.28. The van der Waals surface area contributed by atoms with E-state index >= 15 is 0 Å². The van der Waals surface area contributed by atoms with Crippen LogP contribution in [0.15, 0.2) is 17.0 Å². The van der Waals surface area contributed by atoms with Gasteiger partial charge in [0.25, 0.3) is 0 Å². The summed E-state index contributed by atoms with van der Waals surface area (Å²) >= 11 is 0. The molecule has 0 aliphatic carbocycles. The highest BCUT2D eigenvalue weighted by molar-refractivity contribution is 7.89. The highest BCUT2D eigenvalue weighted by Crippen LogP contribution is 2.26. The van der Waals surface area contributed by atoms with Gasteiger partial charge in [0.1, 0.15) is 5.82 Å². The van der Waals surface area contributed by atoms with Gasteiger partial charge in [0.15, 0.2) is 0 Å². The molecule has 5 heteroatoms. The lowest BCUT2D eigenvalue weighted by Crippen LogP contribution is -2.37. The van der Waals surface area contributed by atoms with Crippen LogP contribution in [0, 0.1) is 19.7 Å². The molecule has 0 aliphatic rings. The lowest BCUT2D eigenvalue weighted by atomic mass is 10.1. The van der Waals surface area contributed by atoms with E-state index in [1.54, 1.807) is 20.9 Å². The number of rotatable bonds is 5. The van der Waals surface area contributed by atoms with Crippen LogP contribution in [0.3, 0.4) is 0 Å². The lowest BCUT2D eigenvalue weighted by Gasteiger charge is -2.27. The fraction of sp³-hybridized carbons (Fsp3) is 0.571. The van der Waals surface area contributed by atoms with Crippen LogP contribution in [0.4, 0.5) is 4.39 Å². The van der Waals surface area contributed by atoms with E-state index in [4.69, 9.17) is 0 Å². The summed E-state index contributed by atoms with van der Waals surface area (Å²) in [6.07, 6.45) is 1.51. The normalized spacial score (nSPS) is 12.4. The summed E-state index contributed by atoms with van der Waals surface area (Å²) in [5.74, 6) is -0.404. The van der Waals surface area contributed by atoms with Gasteiger partial charge in [-0.05, 0) is 49.9 Å². The van der Waals surface area contributed by atoms with Crippen molar-refractivity contribution in [2.45, 2.75) is 51.5 Å². The summed E-state index contributed by atoms with van der Waals surface area (Å²) in [7, 11) is -1.98. The predicted octanol–water partition coefficient (Wildman–Crippen LogP) is 3.25. The SMILES string of the molecule is CCC(CC)N(C)S(=O)(=O)c1c(C)cc(F)cc1C. The van der Waals surface area contributed by atoms with Crippen molar-refractivity contribution < 1.29 is 12.8 Å². The quantitative estimate of drug-likeness (QED) is 0.833. The first-order valence-electron chi connectivity index (χ1n) is 6.50. The van der Waals surface area contributed by atoms with Crippen LogP contribution in [0.25, 0.3) is 0 Å². The molecule has 3 nitrogen and oxygen atoms in total. The van der Waals surface area contributed by atoms with Gasteiger partial charge in [-0.25, -0.2) is 12.8 Å². The van der Waals surface area contributed by atoms with Crippen LogP contribution in [0.2, 0.25) is 0 Å². The Morgan fingerprint density at radius 2 is 1.58 bits per heavy atom. The molecule has 1 rings (SSSR count). The van der Waals surface area contributed by atoms with E-state index in [1.807, 2.05) is 13.8 Å². The minimum absolute atomic E-state index is 0.0335. The standard InChI is InChI=1S/C14H22FNO2S/c1-6-13(7-2)16(5)19(17,18)14-10(3)8-12(15)9-11(14)4/h8-9,13H,6-7H2,1-5H3. The maximum absolute atomic E-state index is 13.3. The summed E-state index contributed by atoms with van der Waals surface area (Å²) in [6, 6.07) is 2.50. The zero-order chi connectivity index (χ0) is 14.8. The fourth-order valence-corrected chi connectivity index (χ4v) is 4.36. The molecule has 1 aromatic rings. The van der Waals surface area contributed by atoms with Crippen LogP contribution < -0.4 is 0 Å². The second kappa shape index (κ2) is 6.01. The molecule has 0 aromatic heterocycles. The van der Waals surface area contributed by atoms with Crippen molar-refractivity contribution in [1.82, 2.24) is 4.31 Å². The van der Waals surface area contributed by atoms with E-state index in [9.17, 15) is 12.8 Å². The Morgan fingerprint density at radius 1 is 1.16 bits per heavy atom. The molecule has 0 unspecified atom stereocenters. The van der Waals surface area contributed by atoms with Crippen molar-refractivity contribution in [3.05, 3.63) is 29.1 Å². The highest BCUT2D eigenvalue weighted by Gasteiger charge is 2.29. The Kier molecular flexibility index (Phi) is 5.10. The predicted molar refractivity (Wildman–Crippen MR) is 75.2 cm³/mol. The Morgan fingerprint density at radius 3 is 1.95 bits per heavy atom. The average molecular weight is 287 g/mol. The third kappa shape index (κ3) is 3.15. The molecule has 0 bridgehead atoms. The van der Waals surface area contributed by atoms with E-state index < -0.39 is 15.8 Å². The van der Waals surface area contributed by atoms with Gasteiger partial charge in [-0.1, -0.05) is 13.8 Å².